The van der Waals surface area contributed by atoms with Crippen LogP contribution in [0.15, 0.2) is 0 Å². The summed E-state index contributed by atoms with van der Waals surface area (Å²) in [7, 11) is 0. The van der Waals surface area contributed by atoms with Crippen LogP contribution < -0.4 is 0 Å². The summed E-state index contributed by atoms with van der Waals surface area (Å²) in [6.07, 6.45) is 6.36. The van der Waals surface area contributed by atoms with Gasteiger partial charge in [0.2, 0.25) is 0 Å². The Morgan fingerprint density at radius 3 is 2.81 bits per heavy atom. The minimum atomic E-state index is -0.118. The molecule has 0 spiro atoms. The Balaban J connectivity index is 1.78. The molecule has 0 aromatic rings. The SMILES string of the molecule is CC1CN(CC(O)C2CCCC2)CCCO1. The first-order valence-electron chi connectivity index (χ1n) is 6.77. The van der Waals surface area contributed by atoms with E-state index < -0.39 is 0 Å². The Hall–Kier alpha value is -0.120. The minimum Gasteiger partial charge on any atom is -0.392 e. The minimum absolute atomic E-state index is 0.118. The number of β-amino-alcohol motifs (C(OH)–C–C–N with tert-alkyl or cyclic N) is 1. The van der Waals surface area contributed by atoms with E-state index >= 15 is 0 Å². The van der Waals surface area contributed by atoms with Gasteiger partial charge in [-0.1, -0.05) is 12.8 Å². The van der Waals surface area contributed by atoms with E-state index in [0.717, 1.165) is 32.7 Å². The van der Waals surface area contributed by atoms with Crippen LogP contribution in [0.5, 0.6) is 0 Å². The molecule has 16 heavy (non-hydrogen) atoms. The molecule has 0 aromatic heterocycles. The van der Waals surface area contributed by atoms with Crippen molar-refractivity contribution >= 4 is 0 Å². The van der Waals surface area contributed by atoms with Crippen LogP contribution in [0.2, 0.25) is 0 Å². The second kappa shape index (κ2) is 5.99. The molecular formula is C13H25NO2. The van der Waals surface area contributed by atoms with Gasteiger partial charge in [-0.3, -0.25) is 4.90 Å². The van der Waals surface area contributed by atoms with Crippen LogP contribution in [0.4, 0.5) is 0 Å². The number of aliphatic hydroxyl groups is 1. The molecule has 0 radical (unpaired) electrons. The molecule has 0 aromatic carbocycles. The second-order valence-corrected chi connectivity index (χ2v) is 5.41. The quantitative estimate of drug-likeness (QED) is 0.795. The Morgan fingerprint density at radius 2 is 2.06 bits per heavy atom. The molecule has 1 aliphatic carbocycles. The zero-order chi connectivity index (χ0) is 11.4. The first kappa shape index (κ1) is 12.3. The van der Waals surface area contributed by atoms with Crippen LogP contribution >= 0.6 is 0 Å². The highest BCUT2D eigenvalue weighted by atomic mass is 16.5. The lowest BCUT2D eigenvalue weighted by Crippen LogP contribution is -2.39. The van der Waals surface area contributed by atoms with E-state index in [1.807, 2.05) is 0 Å². The second-order valence-electron chi connectivity index (χ2n) is 5.41. The van der Waals surface area contributed by atoms with Gasteiger partial charge >= 0.3 is 0 Å². The molecule has 1 saturated heterocycles. The number of aliphatic hydroxyl groups excluding tert-OH is 1. The van der Waals surface area contributed by atoms with Crippen LogP contribution in [-0.2, 0) is 4.74 Å². The molecule has 2 atom stereocenters. The predicted octanol–water partition coefficient (Wildman–Crippen LogP) is 1.65. The molecule has 1 heterocycles. The Morgan fingerprint density at radius 1 is 1.31 bits per heavy atom. The lowest BCUT2D eigenvalue weighted by atomic mass is 10.0. The van der Waals surface area contributed by atoms with Gasteiger partial charge in [-0.25, -0.2) is 0 Å². The first-order chi connectivity index (χ1) is 7.75. The van der Waals surface area contributed by atoms with E-state index in [1.165, 1.54) is 25.7 Å². The summed E-state index contributed by atoms with van der Waals surface area (Å²) >= 11 is 0. The molecular weight excluding hydrogens is 202 g/mol. The molecule has 3 heteroatoms. The molecule has 2 rings (SSSR count). The third kappa shape index (κ3) is 3.44. The van der Waals surface area contributed by atoms with Gasteiger partial charge in [-0.2, -0.15) is 0 Å². The average molecular weight is 227 g/mol. The van der Waals surface area contributed by atoms with Crippen LogP contribution in [0.3, 0.4) is 0 Å². The lowest BCUT2D eigenvalue weighted by Gasteiger charge is -2.27. The summed E-state index contributed by atoms with van der Waals surface area (Å²) in [6.45, 7) is 5.90. The average Bonchev–Trinajstić information content (AvgIpc) is 2.70. The zero-order valence-electron chi connectivity index (χ0n) is 10.4. The monoisotopic (exact) mass is 227 g/mol. The fourth-order valence-corrected chi connectivity index (χ4v) is 3.00. The molecule has 0 bridgehead atoms. The molecule has 2 aliphatic rings. The Kier molecular flexibility index (Phi) is 4.62. The summed E-state index contributed by atoms with van der Waals surface area (Å²) in [5.74, 6) is 0.555. The standard InChI is InChI=1S/C13H25NO2/c1-11-9-14(7-4-8-16-11)10-13(15)12-5-2-3-6-12/h11-13,15H,2-10H2,1H3. The fraction of sp³-hybridized carbons (Fsp3) is 1.00. The van der Waals surface area contributed by atoms with Gasteiger partial charge in [0.05, 0.1) is 12.2 Å². The first-order valence-corrected chi connectivity index (χ1v) is 6.77. The molecule has 3 nitrogen and oxygen atoms in total. The van der Waals surface area contributed by atoms with Crippen LogP contribution in [0.25, 0.3) is 0 Å². The van der Waals surface area contributed by atoms with Gasteiger partial charge in [0.15, 0.2) is 0 Å². The summed E-state index contributed by atoms with van der Waals surface area (Å²) in [6, 6.07) is 0. The van der Waals surface area contributed by atoms with Crippen molar-refractivity contribution < 1.29 is 9.84 Å². The highest BCUT2D eigenvalue weighted by Gasteiger charge is 2.26. The normalized spacial score (nSPS) is 31.5. The van der Waals surface area contributed by atoms with Crippen molar-refractivity contribution in [1.82, 2.24) is 4.90 Å². The van der Waals surface area contributed by atoms with E-state index in [9.17, 15) is 5.11 Å². The van der Waals surface area contributed by atoms with Crippen LogP contribution in [-0.4, -0.2) is 48.5 Å². The van der Waals surface area contributed by atoms with E-state index in [2.05, 4.69) is 11.8 Å². The Bertz CT molecular complexity index is 204. The van der Waals surface area contributed by atoms with E-state index in [1.54, 1.807) is 0 Å². The highest BCUT2D eigenvalue weighted by Crippen LogP contribution is 2.28. The van der Waals surface area contributed by atoms with Crippen molar-refractivity contribution in [1.29, 1.82) is 0 Å². The molecule has 2 unspecified atom stereocenters. The van der Waals surface area contributed by atoms with Crippen molar-refractivity contribution in [2.75, 3.05) is 26.2 Å². The predicted molar refractivity (Wildman–Crippen MR) is 64.4 cm³/mol. The Labute approximate surface area is 98.8 Å². The van der Waals surface area contributed by atoms with Crippen molar-refractivity contribution in [3.05, 3.63) is 0 Å². The summed E-state index contributed by atoms with van der Waals surface area (Å²) in [4.78, 5) is 2.38. The molecule has 1 N–H and O–H groups in total. The van der Waals surface area contributed by atoms with Crippen LogP contribution in [0, 0.1) is 5.92 Å². The summed E-state index contributed by atoms with van der Waals surface area (Å²) < 4.78 is 5.62. The number of hydrogen-bond acceptors (Lipinski definition) is 3. The summed E-state index contributed by atoms with van der Waals surface area (Å²) in [5.41, 5.74) is 0. The van der Waals surface area contributed by atoms with Crippen molar-refractivity contribution in [2.24, 2.45) is 5.92 Å². The van der Waals surface area contributed by atoms with Crippen molar-refractivity contribution in [3.63, 3.8) is 0 Å². The fourth-order valence-electron chi connectivity index (χ4n) is 3.00. The zero-order valence-corrected chi connectivity index (χ0v) is 10.4. The van der Waals surface area contributed by atoms with Crippen LogP contribution in [0.1, 0.15) is 39.0 Å². The van der Waals surface area contributed by atoms with Gasteiger partial charge in [-0.15, -0.1) is 0 Å². The van der Waals surface area contributed by atoms with Gasteiger partial charge < -0.3 is 9.84 Å². The molecule has 0 amide bonds. The highest BCUT2D eigenvalue weighted by molar-refractivity contribution is 4.78. The molecule has 2 fully saturated rings. The number of rotatable bonds is 3. The topological polar surface area (TPSA) is 32.7 Å². The smallest absolute Gasteiger partial charge is 0.0695 e. The van der Waals surface area contributed by atoms with Crippen molar-refractivity contribution in [3.8, 4) is 0 Å². The lowest BCUT2D eigenvalue weighted by molar-refractivity contribution is 0.0416. The van der Waals surface area contributed by atoms with Gasteiger partial charge in [-0.05, 0) is 32.1 Å². The van der Waals surface area contributed by atoms with Gasteiger partial charge in [0.25, 0.3) is 0 Å². The third-order valence-electron chi connectivity index (χ3n) is 3.93. The molecule has 1 aliphatic heterocycles. The number of nitrogens with zero attached hydrogens (tertiary/aromatic N) is 1. The summed E-state index contributed by atoms with van der Waals surface area (Å²) in [5, 5.41) is 10.2. The third-order valence-corrected chi connectivity index (χ3v) is 3.93. The van der Waals surface area contributed by atoms with Crippen molar-refractivity contribution in [2.45, 2.75) is 51.2 Å². The maximum Gasteiger partial charge on any atom is 0.0695 e. The largest absolute Gasteiger partial charge is 0.392 e. The van der Waals surface area contributed by atoms with E-state index in [0.29, 0.717) is 12.0 Å². The van der Waals surface area contributed by atoms with E-state index in [-0.39, 0.29) is 6.10 Å². The maximum absolute atomic E-state index is 10.2. The van der Waals surface area contributed by atoms with Gasteiger partial charge in [0.1, 0.15) is 0 Å². The van der Waals surface area contributed by atoms with Gasteiger partial charge in [0, 0.05) is 26.2 Å². The van der Waals surface area contributed by atoms with E-state index in [4.69, 9.17) is 4.74 Å². The maximum atomic E-state index is 10.2. The molecule has 94 valence electrons. The number of hydrogen-bond donors (Lipinski definition) is 1. The molecule has 1 saturated carbocycles. The number of ether oxygens (including phenoxy) is 1.